The van der Waals surface area contributed by atoms with Crippen LogP contribution in [0.3, 0.4) is 0 Å². The van der Waals surface area contributed by atoms with Crippen molar-refractivity contribution in [3.63, 3.8) is 0 Å². The normalized spacial score (nSPS) is 17.1. The van der Waals surface area contributed by atoms with E-state index in [1.807, 2.05) is 19.1 Å². The Morgan fingerprint density at radius 3 is 2.59 bits per heavy atom. The lowest BCUT2D eigenvalue weighted by molar-refractivity contribution is -0.137. The lowest BCUT2D eigenvalue weighted by Gasteiger charge is -2.26. The van der Waals surface area contributed by atoms with E-state index in [0.29, 0.717) is 11.6 Å². The van der Waals surface area contributed by atoms with Crippen LogP contribution in [-0.2, 0) is 22.9 Å². The first-order valence-electron chi connectivity index (χ1n) is 13.1. The van der Waals surface area contributed by atoms with Crippen molar-refractivity contribution < 1.29 is 18.0 Å². The Balaban J connectivity index is 1.43. The van der Waals surface area contributed by atoms with Crippen LogP contribution in [-0.4, -0.2) is 36.0 Å². The van der Waals surface area contributed by atoms with E-state index in [1.165, 1.54) is 5.56 Å². The van der Waals surface area contributed by atoms with Crippen LogP contribution in [0.25, 0.3) is 0 Å². The van der Waals surface area contributed by atoms with Crippen LogP contribution in [0.4, 0.5) is 36.3 Å². The lowest BCUT2D eigenvalue weighted by atomic mass is 9.83. The molecule has 2 aliphatic rings. The molecule has 0 atom stereocenters. The maximum Gasteiger partial charge on any atom is 0.421 e. The maximum absolute atomic E-state index is 13.9. The molecule has 0 radical (unpaired) electrons. The van der Waals surface area contributed by atoms with Crippen molar-refractivity contribution >= 4 is 29.0 Å². The van der Waals surface area contributed by atoms with Gasteiger partial charge in [0.15, 0.2) is 0 Å². The van der Waals surface area contributed by atoms with Gasteiger partial charge >= 0.3 is 6.18 Å². The van der Waals surface area contributed by atoms with Gasteiger partial charge in [0.05, 0.1) is 5.41 Å². The first-order valence-corrected chi connectivity index (χ1v) is 13.1. The number of aryl methyl sites for hydroxylation is 1. The maximum atomic E-state index is 13.9. The summed E-state index contributed by atoms with van der Waals surface area (Å²) in [6.45, 7) is 7.65. The number of hydrogen-bond acceptors (Lipinski definition) is 6. The number of rotatable bonds is 6. The number of nitrogens with one attached hydrogen (secondary N) is 3. The molecular weight excluding hydrogens is 505 g/mol. The van der Waals surface area contributed by atoms with Gasteiger partial charge < -0.3 is 20.9 Å². The molecule has 0 aliphatic carbocycles. The number of amides is 1. The number of hydrogen-bond donors (Lipinski definition) is 3. The minimum atomic E-state index is -4.64. The average molecular weight is 539 g/mol. The first kappa shape index (κ1) is 26.9. The number of nitrogens with zero attached hydrogens (tertiary/aromatic N) is 3. The summed E-state index contributed by atoms with van der Waals surface area (Å²) < 4.78 is 41.7. The summed E-state index contributed by atoms with van der Waals surface area (Å²) >= 11 is 0. The predicted octanol–water partition coefficient (Wildman–Crippen LogP) is 5.88. The van der Waals surface area contributed by atoms with E-state index >= 15 is 0 Å². The van der Waals surface area contributed by atoms with Crippen molar-refractivity contribution in [1.29, 1.82) is 0 Å². The molecule has 2 aliphatic heterocycles. The van der Waals surface area contributed by atoms with Gasteiger partial charge in [-0.15, -0.1) is 0 Å². The number of carbonyl (C=O) groups excluding carboxylic acids is 1. The highest BCUT2D eigenvalue weighted by Crippen LogP contribution is 2.41. The van der Waals surface area contributed by atoms with Crippen molar-refractivity contribution in [2.75, 3.05) is 35.7 Å². The van der Waals surface area contributed by atoms with Crippen LogP contribution < -0.4 is 20.9 Å². The second-order valence-corrected chi connectivity index (χ2v) is 10.8. The molecule has 3 N–H and O–H groups in total. The average Bonchev–Trinajstić information content (AvgIpc) is 3.15. The number of piperidine rings is 1. The number of carbonyl (C=O) groups is 1. The third kappa shape index (κ3) is 5.17. The van der Waals surface area contributed by atoms with Crippen LogP contribution in [0.2, 0.25) is 0 Å². The lowest BCUT2D eigenvalue weighted by Crippen LogP contribution is -2.28. The zero-order valence-corrected chi connectivity index (χ0v) is 22.5. The number of anilines is 4. The van der Waals surface area contributed by atoms with Gasteiger partial charge in [-0.2, -0.15) is 18.2 Å². The van der Waals surface area contributed by atoms with Crippen molar-refractivity contribution in [3.8, 4) is 0 Å². The molecule has 1 saturated heterocycles. The Hall–Kier alpha value is -3.66. The van der Waals surface area contributed by atoms with Gasteiger partial charge in [-0.25, -0.2) is 4.98 Å². The molecule has 206 valence electrons. The Bertz CT molecular complexity index is 1400. The summed E-state index contributed by atoms with van der Waals surface area (Å²) in [6.07, 6.45) is -1.65. The molecule has 7 nitrogen and oxygen atoms in total. The van der Waals surface area contributed by atoms with E-state index in [-0.39, 0.29) is 24.2 Å². The third-order valence-electron chi connectivity index (χ3n) is 7.81. The molecule has 0 saturated carbocycles. The fourth-order valence-corrected chi connectivity index (χ4v) is 5.61. The van der Waals surface area contributed by atoms with Gasteiger partial charge in [0.25, 0.3) is 0 Å². The summed E-state index contributed by atoms with van der Waals surface area (Å²) in [4.78, 5) is 22.6. The van der Waals surface area contributed by atoms with E-state index in [9.17, 15) is 18.0 Å². The summed E-state index contributed by atoms with van der Waals surface area (Å²) in [5.41, 5.74) is 3.53. The fourth-order valence-electron chi connectivity index (χ4n) is 5.61. The summed E-state index contributed by atoms with van der Waals surface area (Å²) in [5.74, 6) is 0.195. The Morgan fingerprint density at radius 2 is 1.90 bits per heavy atom. The molecule has 3 aromatic rings. The van der Waals surface area contributed by atoms with Crippen LogP contribution in [0, 0.1) is 6.92 Å². The predicted molar refractivity (Wildman–Crippen MR) is 147 cm³/mol. The van der Waals surface area contributed by atoms with Crippen molar-refractivity contribution in [2.45, 2.75) is 57.7 Å². The van der Waals surface area contributed by atoms with E-state index in [0.717, 1.165) is 54.5 Å². The third-order valence-corrected chi connectivity index (χ3v) is 7.81. The first-order chi connectivity index (χ1) is 18.5. The van der Waals surface area contributed by atoms with E-state index < -0.39 is 17.2 Å². The molecule has 1 aromatic heterocycles. The molecule has 0 spiro atoms. The van der Waals surface area contributed by atoms with Gasteiger partial charge in [0.1, 0.15) is 11.4 Å². The summed E-state index contributed by atoms with van der Waals surface area (Å²) in [5, 5.41) is 9.12. The topological polar surface area (TPSA) is 82.2 Å². The highest BCUT2D eigenvalue weighted by Gasteiger charge is 2.40. The zero-order valence-electron chi connectivity index (χ0n) is 22.5. The van der Waals surface area contributed by atoms with Crippen molar-refractivity contribution in [1.82, 2.24) is 15.3 Å². The molecule has 1 amide bonds. The largest absolute Gasteiger partial charge is 0.421 e. The minimum Gasteiger partial charge on any atom is -0.365 e. The SMILES string of the molecule is Cc1cc(C2CCNCC2)ccc1N(C)c1ncc(C(F)(F)F)c(NCc2cccc3c2C(C)(C)C(=O)N3)n1. The quantitative estimate of drug-likeness (QED) is 0.364. The molecule has 1 fully saturated rings. The van der Waals surface area contributed by atoms with Gasteiger partial charge in [0.2, 0.25) is 11.9 Å². The molecule has 0 bridgehead atoms. The van der Waals surface area contributed by atoms with Crippen LogP contribution in [0.1, 0.15) is 60.4 Å². The van der Waals surface area contributed by atoms with Crippen LogP contribution in [0.15, 0.2) is 42.6 Å². The molecule has 3 heterocycles. The fraction of sp³-hybridized carbons (Fsp3) is 0.414. The highest BCUT2D eigenvalue weighted by atomic mass is 19.4. The summed E-state index contributed by atoms with van der Waals surface area (Å²) in [7, 11) is 1.75. The summed E-state index contributed by atoms with van der Waals surface area (Å²) in [6, 6.07) is 11.6. The standard InChI is InChI=1S/C29H33F3N6O/c1-17-14-19(18-10-12-33-13-11-18)8-9-23(17)38(4)27-35-16-21(29(30,31)32)25(37-27)34-15-20-6-5-7-22-24(20)28(2,3)26(39)36-22/h5-9,14,16,18,33H,10-13,15H2,1-4H3,(H,36,39)(H,34,35,37). The minimum absolute atomic E-state index is 0.0643. The van der Waals surface area contributed by atoms with Crippen LogP contribution in [0.5, 0.6) is 0 Å². The number of fused-ring (bicyclic) bond motifs is 1. The molecule has 5 rings (SSSR count). The van der Waals surface area contributed by atoms with E-state index in [2.05, 4.69) is 38.1 Å². The molecule has 39 heavy (non-hydrogen) atoms. The Kier molecular flexibility index (Phi) is 7.00. The van der Waals surface area contributed by atoms with Gasteiger partial charge in [-0.3, -0.25) is 4.79 Å². The second kappa shape index (κ2) is 10.1. The smallest absolute Gasteiger partial charge is 0.365 e. The van der Waals surface area contributed by atoms with Gasteiger partial charge in [-0.1, -0.05) is 24.3 Å². The molecule has 0 unspecified atom stereocenters. The van der Waals surface area contributed by atoms with Crippen molar-refractivity contribution in [2.24, 2.45) is 0 Å². The Morgan fingerprint density at radius 1 is 1.15 bits per heavy atom. The molecule has 2 aromatic carbocycles. The van der Waals surface area contributed by atoms with E-state index in [1.54, 1.807) is 37.9 Å². The number of aromatic nitrogens is 2. The number of benzene rings is 2. The molecule has 10 heteroatoms. The van der Waals surface area contributed by atoms with Gasteiger partial charge in [-0.05, 0) is 87.0 Å². The second-order valence-electron chi connectivity index (χ2n) is 10.8. The molecular formula is C29H33F3N6O. The van der Waals surface area contributed by atoms with Crippen LogP contribution >= 0.6 is 0 Å². The van der Waals surface area contributed by atoms with E-state index in [4.69, 9.17) is 0 Å². The monoisotopic (exact) mass is 538 g/mol. The highest BCUT2D eigenvalue weighted by molar-refractivity contribution is 6.06. The number of halogens is 3. The Labute approximate surface area is 226 Å². The zero-order chi connectivity index (χ0) is 27.9. The number of alkyl halides is 3. The van der Waals surface area contributed by atoms with Gasteiger partial charge in [0, 0.05) is 31.2 Å². The van der Waals surface area contributed by atoms with Crippen molar-refractivity contribution in [3.05, 3.63) is 70.4 Å².